The first-order valence-electron chi connectivity index (χ1n) is 9.57. The van der Waals surface area contributed by atoms with Crippen LogP contribution in [0.5, 0.6) is 0 Å². The zero-order chi connectivity index (χ0) is 22.7. The van der Waals surface area contributed by atoms with E-state index in [0.29, 0.717) is 22.7 Å². The highest BCUT2D eigenvalue weighted by Crippen LogP contribution is 2.30. The maximum absolute atomic E-state index is 12.3. The van der Waals surface area contributed by atoms with Crippen molar-refractivity contribution in [1.29, 1.82) is 0 Å². The van der Waals surface area contributed by atoms with E-state index in [2.05, 4.69) is 25.9 Å². The quantitative estimate of drug-likeness (QED) is 0.271. The van der Waals surface area contributed by atoms with Crippen LogP contribution < -0.4 is 21.5 Å². The van der Waals surface area contributed by atoms with E-state index in [1.807, 2.05) is 19.1 Å². The number of nitro benzene ring substituents is 1. The van der Waals surface area contributed by atoms with Gasteiger partial charge in [0, 0.05) is 23.1 Å². The molecular weight excluding hydrogens is 412 g/mol. The summed E-state index contributed by atoms with van der Waals surface area (Å²) in [6.45, 7) is 1.96. The van der Waals surface area contributed by atoms with Crippen LogP contribution >= 0.6 is 0 Å². The average Bonchev–Trinajstić information content (AvgIpc) is 2.75. The molecule has 0 saturated heterocycles. The minimum Gasteiger partial charge on any atom is -0.355 e. The summed E-state index contributed by atoms with van der Waals surface area (Å²) in [5.74, 6) is 0. The molecule has 1 heterocycles. The van der Waals surface area contributed by atoms with Crippen molar-refractivity contribution in [1.82, 2.24) is 9.97 Å². The molecule has 1 aromatic heterocycles. The topological polar surface area (TPSA) is 142 Å². The zero-order valence-electron chi connectivity index (χ0n) is 16.9. The van der Waals surface area contributed by atoms with Crippen LogP contribution in [0.2, 0.25) is 0 Å². The zero-order valence-corrected chi connectivity index (χ0v) is 16.9. The van der Waals surface area contributed by atoms with Gasteiger partial charge in [-0.05, 0) is 43.3 Å². The number of hydrogen-bond acceptors (Lipinski definition) is 6. The molecule has 10 heteroatoms. The number of aromatic amines is 1. The lowest BCUT2D eigenvalue weighted by Gasteiger charge is -2.12. The van der Waals surface area contributed by atoms with Gasteiger partial charge in [0.1, 0.15) is 0 Å². The Balaban J connectivity index is 1.57. The van der Waals surface area contributed by atoms with Crippen LogP contribution in [0.15, 0.2) is 71.8 Å². The summed E-state index contributed by atoms with van der Waals surface area (Å²) in [6.07, 6.45) is 1.12. The van der Waals surface area contributed by atoms with E-state index in [9.17, 15) is 19.7 Å². The molecule has 0 aliphatic rings. The van der Waals surface area contributed by atoms with Crippen molar-refractivity contribution >= 4 is 45.4 Å². The van der Waals surface area contributed by atoms with Gasteiger partial charge in [0.15, 0.2) is 5.52 Å². The second kappa shape index (κ2) is 8.56. The average molecular weight is 430 g/mol. The fraction of sp³-hybridized carbons (Fsp3) is 0.0455. The lowest BCUT2D eigenvalue weighted by molar-refractivity contribution is -0.383. The number of benzene rings is 3. The Kier molecular flexibility index (Phi) is 5.49. The van der Waals surface area contributed by atoms with Crippen LogP contribution in [-0.2, 0) is 0 Å². The second-order valence-electron chi connectivity index (χ2n) is 7.00. The Hall–Kier alpha value is -4.73. The smallest absolute Gasteiger partial charge is 0.323 e. The van der Waals surface area contributed by atoms with E-state index >= 15 is 0 Å². The molecule has 0 aliphatic heterocycles. The number of amides is 2. The molecule has 3 aromatic carbocycles. The SMILES string of the molecule is Cc1ccc(NC(=O)Nc2cccc(Nc3ccc([N+](=O)[O-])c4nc[nH]c(=O)c34)c2)cc1. The third-order valence-electron chi connectivity index (χ3n) is 4.68. The van der Waals surface area contributed by atoms with E-state index < -0.39 is 16.5 Å². The van der Waals surface area contributed by atoms with E-state index in [1.54, 1.807) is 36.4 Å². The van der Waals surface area contributed by atoms with Gasteiger partial charge in [0.2, 0.25) is 0 Å². The molecule has 0 unspecified atom stereocenters. The number of carbonyl (C=O) groups excluding carboxylic acids is 1. The maximum atomic E-state index is 12.3. The molecule has 4 N–H and O–H groups in total. The number of rotatable bonds is 5. The molecule has 4 aromatic rings. The number of anilines is 4. The molecule has 160 valence electrons. The molecule has 0 atom stereocenters. The molecule has 0 bridgehead atoms. The van der Waals surface area contributed by atoms with Crippen LogP contribution in [0.1, 0.15) is 5.56 Å². The van der Waals surface area contributed by atoms with Gasteiger partial charge in [-0.2, -0.15) is 0 Å². The molecule has 0 aliphatic carbocycles. The lowest BCUT2D eigenvalue weighted by atomic mass is 10.1. The van der Waals surface area contributed by atoms with Crippen molar-refractivity contribution in [3.05, 3.63) is 93.0 Å². The number of fused-ring (bicyclic) bond motifs is 1. The minimum absolute atomic E-state index is 0.0181. The first kappa shape index (κ1) is 20.5. The summed E-state index contributed by atoms with van der Waals surface area (Å²) >= 11 is 0. The summed E-state index contributed by atoms with van der Waals surface area (Å²) in [5, 5.41) is 19.9. The molecule has 0 saturated carbocycles. The highest BCUT2D eigenvalue weighted by Gasteiger charge is 2.18. The van der Waals surface area contributed by atoms with Crippen LogP contribution in [-0.4, -0.2) is 20.9 Å². The number of H-pyrrole nitrogens is 1. The largest absolute Gasteiger partial charge is 0.355 e. The molecule has 0 spiro atoms. The Morgan fingerprint density at radius 3 is 2.47 bits per heavy atom. The van der Waals surface area contributed by atoms with Crippen LogP contribution in [0, 0.1) is 17.0 Å². The summed E-state index contributed by atoms with van der Waals surface area (Å²) in [6, 6.07) is 16.6. The van der Waals surface area contributed by atoms with Crippen molar-refractivity contribution in [3.63, 3.8) is 0 Å². The Bertz CT molecular complexity index is 1380. The predicted octanol–water partition coefficient (Wildman–Crippen LogP) is 4.53. The van der Waals surface area contributed by atoms with Crippen molar-refractivity contribution in [2.24, 2.45) is 0 Å². The first-order chi connectivity index (χ1) is 15.4. The fourth-order valence-corrected chi connectivity index (χ4v) is 3.18. The minimum atomic E-state index is -0.588. The Morgan fingerprint density at radius 1 is 1.00 bits per heavy atom. The van der Waals surface area contributed by atoms with E-state index in [4.69, 9.17) is 0 Å². The third kappa shape index (κ3) is 4.38. The molecule has 0 fully saturated rings. The molecule has 2 amide bonds. The molecular formula is C22H18N6O4. The van der Waals surface area contributed by atoms with E-state index in [0.717, 1.165) is 11.9 Å². The van der Waals surface area contributed by atoms with Crippen LogP contribution in [0.3, 0.4) is 0 Å². The molecule has 32 heavy (non-hydrogen) atoms. The number of non-ortho nitro benzene ring substituents is 1. The number of nitrogens with one attached hydrogen (secondary N) is 4. The van der Waals surface area contributed by atoms with Crippen LogP contribution in [0.4, 0.5) is 33.2 Å². The summed E-state index contributed by atoms with van der Waals surface area (Å²) in [5.41, 5.74) is 2.38. The highest BCUT2D eigenvalue weighted by atomic mass is 16.6. The van der Waals surface area contributed by atoms with Crippen molar-refractivity contribution in [3.8, 4) is 0 Å². The molecule has 10 nitrogen and oxygen atoms in total. The van der Waals surface area contributed by atoms with Gasteiger partial charge in [-0.25, -0.2) is 9.78 Å². The Morgan fingerprint density at radius 2 is 1.72 bits per heavy atom. The van der Waals surface area contributed by atoms with Crippen LogP contribution in [0.25, 0.3) is 10.9 Å². The van der Waals surface area contributed by atoms with Crippen molar-refractivity contribution in [2.45, 2.75) is 6.92 Å². The van der Waals surface area contributed by atoms with Gasteiger partial charge < -0.3 is 20.9 Å². The number of carbonyl (C=O) groups is 1. The highest BCUT2D eigenvalue weighted by molar-refractivity contribution is 6.00. The number of nitro groups is 1. The van der Waals surface area contributed by atoms with Gasteiger partial charge in [-0.15, -0.1) is 0 Å². The van der Waals surface area contributed by atoms with Crippen molar-refractivity contribution < 1.29 is 9.72 Å². The Labute approximate surface area is 181 Å². The fourth-order valence-electron chi connectivity index (χ4n) is 3.18. The number of nitrogens with zero attached hydrogens (tertiary/aromatic N) is 2. The second-order valence-corrected chi connectivity index (χ2v) is 7.00. The number of hydrogen-bond donors (Lipinski definition) is 4. The van der Waals surface area contributed by atoms with Gasteiger partial charge in [0.05, 0.1) is 22.3 Å². The summed E-state index contributed by atoms with van der Waals surface area (Å²) < 4.78 is 0. The standard InChI is InChI=1S/C22H18N6O4/c1-13-5-7-14(8-6-13)26-22(30)27-16-4-2-3-15(11-16)25-17-9-10-18(28(31)32)20-19(17)21(29)24-12-23-20/h2-12,25H,1H3,(H,23,24,29)(H2,26,27,30). The van der Waals surface area contributed by atoms with Crippen molar-refractivity contribution in [2.75, 3.05) is 16.0 Å². The summed E-state index contributed by atoms with van der Waals surface area (Å²) in [7, 11) is 0. The van der Waals surface area contributed by atoms with Gasteiger partial charge in [0.25, 0.3) is 11.2 Å². The molecule has 4 rings (SSSR count). The van der Waals surface area contributed by atoms with Gasteiger partial charge in [-0.3, -0.25) is 14.9 Å². The van der Waals surface area contributed by atoms with E-state index in [-0.39, 0.29) is 16.6 Å². The number of aryl methyl sites for hydroxylation is 1. The third-order valence-corrected chi connectivity index (χ3v) is 4.68. The first-order valence-corrected chi connectivity index (χ1v) is 9.57. The monoisotopic (exact) mass is 430 g/mol. The number of aromatic nitrogens is 2. The summed E-state index contributed by atoms with van der Waals surface area (Å²) in [4.78, 5) is 41.7. The van der Waals surface area contributed by atoms with E-state index in [1.165, 1.54) is 12.1 Å². The van der Waals surface area contributed by atoms with Gasteiger partial charge >= 0.3 is 6.03 Å². The normalized spacial score (nSPS) is 10.5. The molecule has 0 radical (unpaired) electrons. The lowest BCUT2D eigenvalue weighted by Crippen LogP contribution is -2.19. The predicted molar refractivity (Wildman–Crippen MR) is 123 cm³/mol. The van der Waals surface area contributed by atoms with Gasteiger partial charge in [-0.1, -0.05) is 23.8 Å². The maximum Gasteiger partial charge on any atom is 0.323 e. The number of urea groups is 1.